The minimum Gasteiger partial charge on any atom is -0.462 e. The van der Waals surface area contributed by atoms with Crippen molar-refractivity contribution in [2.45, 2.75) is 110 Å². The minimum absolute atomic E-state index is 0.00646. The number of ether oxygens (including phenoxy) is 1. The Morgan fingerprint density at radius 2 is 1.68 bits per heavy atom. The van der Waals surface area contributed by atoms with Gasteiger partial charge in [-0.3, -0.25) is 0 Å². The lowest BCUT2D eigenvalue weighted by molar-refractivity contribution is -0.139. The molecule has 0 amide bonds. The molecule has 1 aliphatic carbocycles. The maximum absolute atomic E-state index is 11.8. The first kappa shape index (κ1) is 33.1. The third-order valence-corrected chi connectivity index (χ3v) is 9.07. The minimum atomic E-state index is -0.342. The highest BCUT2D eigenvalue weighted by Crippen LogP contribution is 2.39. The first-order chi connectivity index (χ1) is 19.9. The molecular formula is C37H54O4. The number of hydrogen-bond acceptors (Lipinski definition) is 4. The highest BCUT2D eigenvalue weighted by atomic mass is 16.5. The molecule has 2 aromatic rings. The van der Waals surface area contributed by atoms with Crippen LogP contribution in [0.15, 0.2) is 48.6 Å². The second-order valence-electron chi connectivity index (χ2n) is 12.3. The number of hydrogen-bond donors (Lipinski definition) is 2. The van der Waals surface area contributed by atoms with E-state index >= 15 is 0 Å². The third-order valence-electron chi connectivity index (χ3n) is 9.07. The number of unbranched alkanes of at least 4 members (excludes halogenated alkanes) is 2. The van der Waals surface area contributed by atoms with Gasteiger partial charge < -0.3 is 14.9 Å². The van der Waals surface area contributed by atoms with Crippen molar-refractivity contribution >= 4 is 5.97 Å². The fourth-order valence-corrected chi connectivity index (χ4v) is 6.33. The lowest BCUT2D eigenvalue weighted by Crippen LogP contribution is -2.13. The van der Waals surface area contributed by atoms with E-state index in [1.807, 2.05) is 0 Å². The molecule has 0 aromatic heterocycles. The monoisotopic (exact) mass is 562 g/mol. The largest absolute Gasteiger partial charge is 0.462 e. The van der Waals surface area contributed by atoms with Crippen LogP contribution in [0.1, 0.15) is 113 Å². The van der Waals surface area contributed by atoms with Gasteiger partial charge in [-0.1, -0.05) is 82.5 Å². The summed E-state index contributed by atoms with van der Waals surface area (Å²) in [5, 5.41) is 19.1. The molecule has 226 valence electrons. The number of aliphatic hydroxyl groups excluding tert-OH is 2. The van der Waals surface area contributed by atoms with Crippen LogP contribution in [0, 0.1) is 11.8 Å². The van der Waals surface area contributed by atoms with Gasteiger partial charge in [0.25, 0.3) is 0 Å². The molecule has 0 saturated heterocycles. The molecule has 0 spiro atoms. The first-order valence-electron chi connectivity index (χ1n) is 16.2. The van der Waals surface area contributed by atoms with E-state index in [0.717, 1.165) is 38.0 Å². The molecule has 3 rings (SSSR count). The Morgan fingerprint density at radius 3 is 2.34 bits per heavy atom. The fraction of sp³-hybridized carbons (Fsp3) is 0.595. The first-order valence-corrected chi connectivity index (χ1v) is 16.2. The summed E-state index contributed by atoms with van der Waals surface area (Å²) in [6.45, 7) is 10.2. The standard InChI is InChI=1S/C37H54O4/c1-5-7-8-10-28-12-15-31(16-13-28)34-20-21-36(30(6-2)23-34)35-19-18-32(17-14-29(25-38)26-39)33(24-35)11-9-22-41-37(40)27(3)4/h18-21,23-24,28-29,31,38-39H,3,5-17,22,25-26H2,1-2,4H3. The molecule has 2 N–H and O–H groups in total. The summed E-state index contributed by atoms with van der Waals surface area (Å²) in [5.74, 6) is 1.16. The van der Waals surface area contributed by atoms with Crippen LogP contribution in [0.25, 0.3) is 11.1 Å². The van der Waals surface area contributed by atoms with Crippen LogP contribution in [0.3, 0.4) is 0 Å². The average molecular weight is 563 g/mol. The second-order valence-corrected chi connectivity index (χ2v) is 12.3. The topological polar surface area (TPSA) is 66.8 Å². The molecule has 0 heterocycles. The van der Waals surface area contributed by atoms with E-state index in [-0.39, 0.29) is 25.1 Å². The van der Waals surface area contributed by atoms with Crippen LogP contribution in [0.2, 0.25) is 0 Å². The van der Waals surface area contributed by atoms with Gasteiger partial charge in [0, 0.05) is 24.7 Å². The van der Waals surface area contributed by atoms with Crippen LogP contribution < -0.4 is 0 Å². The molecule has 0 atom stereocenters. The zero-order valence-corrected chi connectivity index (χ0v) is 25.9. The lowest BCUT2D eigenvalue weighted by Gasteiger charge is -2.29. The summed E-state index contributed by atoms with van der Waals surface area (Å²) in [6, 6.07) is 13.9. The van der Waals surface area contributed by atoms with Crippen molar-refractivity contribution in [1.29, 1.82) is 0 Å². The van der Waals surface area contributed by atoms with Crippen LogP contribution >= 0.6 is 0 Å². The van der Waals surface area contributed by atoms with Gasteiger partial charge in [0.15, 0.2) is 0 Å². The zero-order chi connectivity index (χ0) is 29.6. The molecule has 0 bridgehead atoms. The number of aliphatic hydroxyl groups is 2. The van der Waals surface area contributed by atoms with Crippen LogP contribution in [0.4, 0.5) is 0 Å². The van der Waals surface area contributed by atoms with Gasteiger partial charge in [0.2, 0.25) is 0 Å². The van der Waals surface area contributed by atoms with E-state index in [1.165, 1.54) is 84.7 Å². The van der Waals surface area contributed by atoms with Crippen molar-refractivity contribution < 1.29 is 19.7 Å². The van der Waals surface area contributed by atoms with E-state index in [0.29, 0.717) is 18.1 Å². The Bertz CT molecular complexity index is 1090. The van der Waals surface area contributed by atoms with Gasteiger partial charge >= 0.3 is 5.97 Å². The molecule has 1 saturated carbocycles. The Hall–Kier alpha value is -2.43. The lowest BCUT2D eigenvalue weighted by atomic mass is 9.76. The number of esters is 1. The maximum atomic E-state index is 11.8. The van der Waals surface area contributed by atoms with Crippen molar-refractivity contribution in [3.63, 3.8) is 0 Å². The Kier molecular flexibility index (Phi) is 14.1. The number of benzene rings is 2. The van der Waals surface area contributed by atoms with E-state index in [9.17, 15) is 15.0 Å². The maximum Gasteiger partial charge on any atom is 0.333 e. The Morgan fingerprint density at radius 1 is 0.927 bits per heavy atom. The van der Waals surface area contributed by atoms with E-state index in [2.05, 4.69) is 56.8 Å². The van der Waals surface area contributed by atoms with Crippen molar-refractivity contribution in [3.05, 3.63) is 70.8 Å². The van der Waals surface area contributed by atoms with Crippen molar-refractivity contribution in [1.82, 2.24) is 0 Å². The van der Waals surface area contributed by atoms with Crippen LogP contribution in [0.5, 0.6) is 0 Å². The summed E-state index contributed by atoms with van der Waals surface area (Å²) < 4.78 is 5.35. The molecule has 0 unspecified atom stereocenters. The molecule has 4 heteroatoms. The molecule has 4 nitrogen and oxygen atoms in total. The van der Waals surface area contributed by atoms with E-state index in [1.54, 1.807) is 6.92 Å². The molecule has 41 heavy (non-hydrogen) atoms. The smallest absolute Gasteiger partial charge is 0.333 e. The molecule has 2 aromatic carbocycles. The summed E-state index contributed by atoms with van der Waals surface area (Å²) >= 11 is 0. The van der Waals surface area contributed by atoms with Crippen LogP contribution in [-0.4, -0.2) is 36.0 Å². The normalized spacial score (nSPS) is 17.1. The number of carbonyl (C=O) groups is 1. The zero-order valence-electron chi connectivity index (χ0n) is 25.9. The van der Waals surface area contributed by atoms with Crippen molar-refractivity contribution in [2.75, 3.05) is 19.8 Å². The molecule has 0 aliphatic heterocycles. The highest BCUT2D eigenvalue weighted by Gasteiger charge is 2.23. The van der Waals surface area contributed by atoms with Crippen LogP contribution in [-0.2, 0) is 28.8 Å². The van der Waals surface area contributed by atoms with Gasteiger partial charge in [0.05, 0.1) is 6.61 Å². The van der Waals surface area contributed by atoms with Gasteiger partial charge in [-0.15, -0.1) is 0 Å². The third kappa shape index (κ3) is 10.1. The highest BCUT2D eigenvalue weighted by molar-refractivity contribution is 5.86. The summed E-state index contributed by atoms with van der Waals surface area (Å²) in [5.41, 5.74) is 8.34. The fourth-order valence-electron chi connectivity index (χ4n) is 6.33. The predicted octanol–water partition coefficient (Wildman–Crippen LogP) is 8.36. The Labute approximate surface area is 249 Å². The number of aryl methyl sites for hydroxylation is 3. The number of carbonyl (C=O) groups excluding carboxylic acids is 1. The number of rotatable bonds is 17. The summed E-state index contributed by atoms with van der Waals surface area (Å²) in [4.78, 5) is 11.8. The quantitative estimate of drug-likeness (QED) is 0.115. The second kappa shape index (κ2) is 17.5. The van der Waals surface area contributed by atoms with E-state index < -0.39 is 0 Å². The van der Waals surface area contributed by atoms with Crippen molar-refractivity contribution in [2.24, 2.45) is 11.8 Å². The van der Waals surface area contributed by atoms with Crippen molar-refractivity contribution in [3.8, 4) is 11.1 Å². The van der Waals surface area contributed by atoms with E-state index in [4.69, 9.17) is 4.74 Å². The van der Waals surface area contributed by atoms with Gasteiger partial charge in [-0.25, -0.2) is 4.79 Å². The Balaban J connectivity index is 1.75. The SMILES string of the molecule is C=C(C)C(=O)OCCCc1cc(-c2ccc(C3CCC(CCCCC)CC3)cc2CC)ccc1CCC(CO)CO. The van der Waals surface area contributed by atoms with Gasteiger partial charge in [-0.05, 0) is 110 Å². The summed E-state index contributed by atoms with van der Waals surface area (Å²) in [6.07, 6.45) is 14.9. The predicted molar refractivity (Wildman–Crippen MR) is 170 cm³/mol. The average Bonchev–Trinajstić information content (AvgIpc) is 3.00. The molecule has 1 aliphatic rings. The summed E-state index contributed by atoms with van der Waals surface area (Å²) in [7, 11) is 0. The molecule has 1 fully saturated rings. The molecule has 0 radical (unpaired) electrons. The molecular weight excluding hydrogens is 508 g/mol. The van der Waals surface area contributed by atoms with Gasteiger partial charge in [-0.2, -0.15) is 0 Å². The van der Waals surface area contributed by atoms with Gasteiger partial charge in [0.1, 0.15) is 0 Å².